The predicted octanol–water partition coefficient (Wildman–Crippen LogP) is 3.94. The Morgan fingerprint density at radius 3 is 2.68 bits per heavy atom. The van der Waals surface area contributed by atoms with Gasteiger partial charge in [-0.2, -0.15) is 0 Å². The summed E-state index contributed by atoms with van der Waals surface area (Å²) in [5, 5.41) is 4.83. The van der Waals surface area contributed by atoms with Gasteiger partial charge in [-0.3, -0.25) is 0 Å². The summed E-state index contributed by atoms with van der Waals surface area (Å²) < 4.78 is 5.51. The van der Waals surface area contributed by atoms with Crippen molar-refractivity contribution in [3.63, 3.8) is 0 Å². The average Bonchev–Trinajstić information content (AvgIpc) is 2.43. The number of hydrogen-bond donors (Lipinski definition) is 1. The average molecular weight is 302 g/mol. The first kappa shape index (κ1) is 15.1. The summed E-state index contributed by atoms with van der Waals surface area (Å²) in [5.74, 6) is 0. The molecule has 0 aliphatic carbocycles. The minimum Gasteiger partial charge on any atom is -0.381 e. The van der Waals surface area contributed by atoms with Crippen LogP contribution in [0.1, 0.15) is 25.3 Å². The fourth-order valence-corrected chi connectivity index (χ4v) is 3.09. The van der Waals surface area contributed by atoms with Crippen molar-refractivity contribution in [3.8, 4) is 0 Å². The predicted molar refractivity (Wildman–Crippen MR) is 81.2 cm³/mol. The third-order valence-corrected chi connectivity index (χ3v) is 4.76. The van der Waals surface area contributed by atoms with Gasteiger partial charge in [0.15, 0.2) is 0 Å². The Labute approximate surface area is 125 Å². The molecule has 1 aliphatic rings. The van der Waals surface area contributed by atoms with E-state index in [1.165, 1.54) is 0 Å². The molecule has 1 heterocycles. The molecule has 1 aromatic carbocycles. The number of halogens is 2. The zero-order chi connectivity index (χ0) is 13.7. The SMILES string of the molecule is CCNCC1(Cc2cccc(Cl)c2Cl)CCOCC1. The van der Waals surface area contributed by atoms with E-state index in [4.69, 9.17) is 27.9 Å². The fraction of sp³-hybridized carbons (Fsp3) is 0.600. The van der Waals surface area contributed by atoms with Crippen LogP contribution < -0.4 is 5.32 Å². The van der Waals surface area contributed by atoms with E-state index in [0.29, 0.717) is 10.0 Å². The lowest BCUT2D eigenvalue weighted by atomic mass is 9.75. The van der Waals surface area contributed by atoms with E-state index in [-0.39, 0.29) is 5.41 Å². The Morgan fingerprint density at radius 1 is 1.26 bits per heavy atom. The van der Waals surface area contributed by atoms with Crippen molar-refractivity contribution in [1.82, 2.24) is 5.32 Å². The maximum Gasteiger partial charge on any atom is 0.0624 e. The molecular formula is C15H21Cl2NO. The van der Waals surface area contributed by atoms with Crippen LogP contribution in [-0.4, -0.2) is 26.3 Å². The molecular weight excluding hydrogens is 281 g/mol. The third-order valence-electron chi connectivity index (χ3n) is 3.90. The van der Waals surface area contributed by atoms with E-state index in [1.54, 1.807) is 0 Å². The summed E-state index contributed by atoms with van der Waals surface area (Å²) in [6.07, 6.45) is 3.11. The third kappa shape index (κ3) is 3.85. The molecule has 1 fully saturated rings. The molecule has 0 bridgehead atoms. The zero-order valence-corrected chi connectivity index (χ0v) is 12.9. The molecule has 106 valence electrons. The molecule has 0 unspecified atom stereocenters. The van der Waals surface area contributed by atoms with Gasteiger partial charge >= 0.3 is 0 Å². The van der Waals surface area contributed by atoms with Gasteiger partial charge in [-0.25, -0.2) is 0 Å². The molecule has 0 radical (unpaired) electrons. The van der Waals surface area contributed by atoms with Gasteiger partial charge in [-0.15, -0.1) is 0 Å². The lowest BCUT2D eigenvalue weighted by Crippen LogP contribution is -2.40. The van der Waals surface area contributed by atoms with Gasteiger partial charge < -0.3 is 10.1 Å². The van der Waals surface area contributed by atoms with Crippen LogP contribution in [0.15, 0.2) is 18.2 Å². The van der Waals surface area contributed by atoms with Gasteiger partial charge in [0, 0.05) is 19.8 Å². The highest BCUT2D eigenvalue weighted by Gasteiger charge is 2.33. The molecule has 2 rings (SSSR count). The van der Waals surface area contributed by atoms with Crippen molar-refractivity contribution in [1.29, 1.82) is 0 Å². The first-order chi connectivity index (χ1) is 9.17. The van der Waals surface area contributed by atoms with Gasteiger partial charge in [0.2, 0.25) is 0 Å². The van der Waals surface area contributed by atoms with Crippen LogP contribution >= 0.6 is 23.2 Å². The Hall–Kier alpha value is -0.280. The summed E-state index contributed by atoms with van der Waals surface area (Å²) in [7, 11) is 0. The van der Waals surface area contributed by atoms with E-state index < -0.39 is 0 Å². The van der Waals surface area contributed by atoms with Gasteiger partial charge in [-0.05, 0) is 42.9 Å². The van der Waals surface area contributed by atoms with Gasteiger partial charge in [0.25, 0.3) is 0 Å². The molecule has 19 heavy (non-hydrogen) atoms. The molecule has 0 aromatic heterocycles. The largest absolute Gasteiger partial charge is 0.381 e. The number of hydrogen-bond acceptors (Lipinski definition) is 2. The summed E-state index contributed by atoms with van der Waals surface area (Å²) >= 11 is 12.4. The summed E-state index contributed by atoms with van der Waals surface area (Å²) in [5.41, 5.74) is 1.39. The quantitative estimate of drug-likeness (QED) is 0.889. The Kier molecular flexibility index (Phi) is 5.52. The Balaban J connectivity index is 2.17. The van der Waals surface area contributed by atoms with Gasteiger partial charge in [-0.1, -0.05) is 42.3 Å². The van der Waals surface area contributed by atoms with E-state index in [9.17, 15) is 0 Å². The summed E-state index contributed by atoms with van der Waals surface area (Å²) in [6.45, 7) is 5.81. The highest BCUT2D eigenvalue weighted by atomic mass is 35.5. The van der Waals surface area contributed by atoms with E-state index in [0.717, 1.165) is 51.1 Å². The van der Waals surface area contributed by atoms with Crippen molar-refractivity contribution in [2.45, 2.75) is 26.2 Å². The van der Waals surface area contributed by atoms with Crippen LogP contribution in [0.4, 0.5) is 0 Å². The molecule has 0 saturated carbocycles. The van der Waals surface area contributed by atoms with Gasteiger partial charge in [0.1, 0.15) is 0 Å². The van der Waals surface area contributed by atoms with Gasteiger partial charge in [0.05, 0.1) is 10.0 Å². The zero-order valence-electron chi connectivity index (χ0n) is 11.3. The second-order valence-corrected chi connectivity index (χ2v) is 6.07. The molecule has 4 heteroatoms. The smallest absolute Gasteiger partial charge is 0.0624 e. The first-order valence-corrected chi connectivity index (χ1v) is 7.64. The number of nitrogens with one attached hydrogen (secondary N) is 1. The van der Waals surface area contributed by atoms with Crippen LogP contribution in [0, 0.1) is 5.41 Å². The molecule has 0 spiro atoms. The van der Waals surface area contributed by atoms with Crippen LogP contribution in [0.3, 0.4) is 0 Å². The molecule has 0 atom stereocenters. The van der Waals surface area contributed by atoms with Crippen molar-refractivity contribution in [3.05, 3.63) is 33.8 Å². The van der Waals surface area contributed by atoms with Crippen molar-refractivity contribution in [2.75, 3.05) is 26.3 Å². The minimum absolute atomic E-state index is 0.239. The maximum atomic E-state index is 6.32. The van der Waals surface area contributed by atoms with Crippen LogP contribution in [-0.2, 0) is 11.2 Å². The molecule has 1 aliphatic heterocycles. The lowest BCUT2D eigenvalue weighted by Gasteiger charge is -2.38. The number of ether oxygens (including phenoxy) is 1. The molecule has 1 saturated heterocycles. The molecule has 0 amide bonds. The molecule has 1 aromatic rings. The van der Waals surface area contributed by atoms with Crippen LogP contribution in [0.2, 0.25) is 10.0 Å². The first-order valence-electron chi connectivity index (χ1n) is 6.88. The highest BCUT2D eigenvalue weighted by molar-refractivity contribution is 6.42. The second kappa shape index (κ2) is 6.94. The van der Waals surface area contributed by atoms with Crippen molar-refractivity contribution >= 4 is 23.2 Å². The Morgan fingerprint density at radius 2 is 2.00 bits per heavy atom. The highest BCUT2D eigenvalue weighted by Crippen LogP contribution is 2.37. The van der Waals surface area contributed by atoms with Crippen molar-refractivity contribution < 1.29 is 4.74 Å². The molecule has 1 N–H and O–H groups in total. The van der Waals surface area contributed by atoms with Crippen LogP contribution in [0.25, 0.3) is 0 Å². The molecule has 2 nitrogen and oxygen atoms in total. The lowest BCUT2D eigenvalue weighted by molar-refractivity contribution is 0.0152. The van der Waals surface area contributed by atoms with Crippen molar-refractivity contribution in [2.24, 2.45) is 5.41 Å². The normalized spacial score (nSPS) is 18.5. The Bertz CT molecular complexity index is 417. The van der Waals surface area contributed by atoms with Crippen LogP contribution in [0.5, 0.6) is 0 Å². The van der Waals surface area contributed by atoms with E-state index >= 15 is 0 Å². The topological polar surface area (TPSA) is 21.3 Å². The maximum absolute atomic E-state index is 6.32. The fourth-order valence-electron chi connectivity index (χ4n) is 2.70. The second-order valence-electron chi connectivity index (χ2n) is 5.28. The minimum atomic E-state index is 0.239. The summed E-state index contributed by atoms with van der Waals surface area (Å²) in [6, 6.07) is 5.90. The summed E-state index contributed by atoms with van der Waals surface area (Å²) in [4.78, 5) is 0. The van der Waals surface area contributed by atoms with E-state index in [1.807, 2.05) is 12.1 Å². The van der Waals surface area contributed by atoms with E-state index in [2.05, 4.69) is 18.3 Å². The standard InChI is InChI=1S/C15H21Cl2NO/c1-2-18-11-15(6-8-19-9-7-15)10-12-4-3-5-13(16)14(12)17/h3-5,18H,2,6-11H2,1H3. The number of benzene rings is 1. The number of rotatable bonds is 5. The monoisotopic (exact) mass is 301 g/mol.